The molecule has 0 unspecified atom stereocenters. The number of nitrogen functional groups attached to an aromatic ring is 1. The lowest BCUT2D eigenvalue weighted by Crippen LogP contribution is -2.22. The Morgan fingerprint density at radius 3 is 2.78 bits per heavy atom. The lowest BCUT2D eigenvalue weighted by atomic mass is 10.1. The number of para-hydroxylation sites is 1. The van der Waals surface area contributed by atoms with Gasteiger partial charge in [0, 0.05) is 31.5 Å². The Kier molecular flexibility index (Phi) is 3.27. The molecule has 3 N–H and O–H groups in total. The van der Waals surface area contributed by atoms with Crippen LogP contribution in [0.25, 0.3) is 0 Å². The minimum atomic E-state index is 0.0663. The minimum absolute atomic E-state index is 0.0663. The van der Waals surface area contributed by atoms with Crippen molar-refractivity contribution >= 4 is 11.5 Å². The molecule has 0 bridgehead atoms. The van der Waals surface area contributed by atoms with Crippen molar-refractivity contribution < 1.29 is 0 Å². The third-order valence-electron chi connectivity index (χ3n) is 2.65. The van der Waals surface area contributed by atoms with Gasteiger partial charge in [0.15, 0.2) is 0 Å². The van der Waals surface area contributed by atoms with E-state index < -0.39 is 0 Å². The van der Waals surface area contributed by atoms with E-state index in [2.05, 4.69) is 10.3 Å². The molecular formula is C12H16N6. The van der Waals surface area contributed by atoms with Gasteiger partial charge in [0.1, 0.15) is 11.5 Å². The zero-order valence-electron chi connectivity index (χ0n) is 10.5. The van der Waals surface area contributed by atoms with Gasteiger partial charge in [-0.1, -0.05) is 17.3 Å². The summed E-state index contributed by atoms with van der Waals surface area (Å²) >= 11 is 0. The molecule has 18 heavy (non-hydrogen) atoms. The molecule has 0 aliphatic heterocycles. The molecule has 1 heterocycles. The quantitative estimate of drug-likeness (QED) is 0.613. The highest BCUT2D eigenvalue weighted by Crippen LogP contribution is 2.19. The molecule has 2 rings (SSSR count). The van der Waals surface area contributed by atoms with Gasteiger partial charge in [-0.3, -0.25) is 10.1 Å². The van der Waals surface area contributed by atoms with Crippen molar-refractivity contribution in [2.45, 2.75) is 6.54 Å². The first kappa shape index (κ1) is 12.1. The second-order valence-corrected chi connectivity index (χ2v) is 4.17. The maximum atomic E-state index is 7.57. The lowest BCUT2D eigenvalue weighted by molar-refractivity contribution is 0.712. The smallest absolute Gasteiger partial charge is 0.124 e. The molecule has 0 saturated carbocycles. The van der Waals surface area contributed by atoms with E-state index in [0.717, 1.165) is 16.9 Å². The predicted octanol–water partition coefficient (Wildman–Crippen LogP) is 0.736. The molecule has 0 amide bonds. The maximum absolute atomic E-state index is 7.57. The normalized spacial score (nSPS) is 10.3. The van der Waals surface area contributed by atoms with Crippen molar-refractivity contribution in [2.75, 3.05) is 11.9 Å². The Bertz CT molecular complexity index is 559. The van der Waals surface area contributed by atoms with E-state index in [1.807, 2.05) is 49.5 Å². The second-order valence-electron chi connectivity index (χ2n) is 4.17. The average Bonchev–Trinajstić information content (AvgIpc) is 2.74. The molecule has 1 aromatic carbocycles. The summed E-state index contributed by atoms with van der Waals surface area (Å²) in [6.07, 6.45) is 1.87. The number of amidine groups is 1. The standard InChI is InChI=1S/C12H16N6/c1-17(7-9-8-18(2)16-15-9)11-6-4-3-5-10(11)12(13)14/h3-6,8H,7H2,1-2H3,(H3,13,14). The van der Waals surface area contributed by atoms with Gasteiger partial charge in [-0.2, -0.15) is 0 Å². The Hall–Kier alpha value is -2.37. The molecular weight excluding hydrogens is 228 g/mol. The molecule has 0 radical (unpaired) electrons. The maximum Gasteiger partial charge on any atom is 0.124 e. The number of rotatable bonds is 4. The van der Waals surface area contributed by atoms with Crippen molar-refractivity contribution in [3.05, 3.63) is 41.7 Å². The highest BCUT2D eigenvalue weighted by atomic mass is 15.4. The van der Waals surface area contributed by atoms with Crippen LogP contribution in [0.3, 0.4) is 0 Å². The molecule has 94 valence electrons. The zero-order chi connectivity index (χ0) is 13.1. The predicted molar refractivity (Wildman–Crippen MR) is 70.6 cm³/mol. The van der Waals surface area contributed by atoms with Crippen molar-refractivity contribution in [2.24, 2.45) is 12.8 Å². The number of aryl methyl sites for hydroxylation is 1. The Balaban J connectivity index is 2.23. The van der Waals surface area contributed by atoms with E-state index in [9.17, 15) is 0 Å². The number of hydrogen-bond donors (Lipinski definition) is 2. The van der Waals surface area contributed by atoms with E-state index in [1.54, 1.807) is 4.68 Å². The fourth-order valence-electron chi connectivity index (χ4n) is 1.83. The van der Waals surface area contributed by atoms with Gasteiger partial charge in [0.05, 0.1) is 6.54 Å². The molecule has 0 aliphatic carbocycles. The van der Waals surface area contributed by atoms with Crippen molar-refractivity contribution in [1.29, 1.82) is 5.41 Å². The summed E-state index contributed by atoms with van der Waals surface area (Å²) in [6, 6.07) is 7.57. The molecule has 0 aliphatic rings. The highest BCUT2D eigenvalue weighted by molar-refractivity contribution is 6.00. The molecule has 0 atom stereocenters. The Labute approximate surface area is 106 Å². The number of hydrogen-bond acceptors (Lipinski definition) is 4. The molecule has 0 saturated heterocycles. The van der Waals surface area contributed by atoms with Gasteiger partial charge >= 0.3 is 0 Å². The first-order chi connectivity index (χ1) is 8.58. The van der Waals surface area contributed by atoms with Crippen LogP contribution in [-0.4, -0.2) is 27.9 Å². The number of nitrogens with two attached hydrogens (primary N) is 1. The van der Waals surface area contributed by atoms with Gasteiger partial charge in [-0.05, 0) is 12.1 Å². The summed E-state index contributed by atoms with van der Waals surface area (Å²) in [4.78, 5) is 2.00. The Morgan fingerprint density at radius 2 is 2.17 bits per heavy atom. The molecule has 1 aromatic heterocycles. The van der Waals surface area contributed by atoms with Gasteiger partial charge in [-0.15, -0.1) is 5.10 Å². The van der Waals surface area contributed by atoms with Crippen LogP contribution in [0.1, 0.15) is 11.3 Å². The fourth-order valence-corrected chi connectivity index (χ4v) is 1.83. The number of anilines is 1. The second kappa shape index (κ2) is 4.87. The molecule has 6 nitrogen and oxygen atoms in total. The number of nitrogens with zero attached hydrogens (tertiary/aromatic N) is 4. The van der Waals surface area contributed by atoms with Gasteiger partial charge in [0.25, 0.3) is 0 Å². The summed E-state index contributed by atoms with van der Waals surface area (Å²) in [6.45, 7) is 0.623. The number of nitrogens with one attached hydrogen (secondary N) is 1. The van der Waals surface area contributed by atoms with Crippen LogP contribution in [0.5, 0.6) is 0 Å². The summed E-state index contributed by atoms with van der Waals surface area (Å²) < 4.78 is 1.67. The highest BCUT2D eigenvalue weighted by Gasteiger charge is 2.10. The Morgan fingerprint density at radius 1 is 1.44 bits per heavy atom. The minimum Gasteiger partial charge on any atom is -0.384 e. The molecule has 0 spiro atoms. The van der Waals surface area contributed by atoms with Crippen molar-refractivity contribution in [1.82, 2.24) is 15.0 Å². The van der Waals surface area contributed by atoms with Crippen LogP contribution in [0.4, 0.5) is 5.69 Å². The lowest BCUT2D eigenvalue weighted by Gasteiger charge is -2.20. The van der Waals surface area contributed by atoms with Crippen LogP contribution in [0.15, 0.2) is 30.5 Å². The molecule has 2 aromatic rings. The van der Waals surface area contributed by atoms with Crippen LogP contribution in [-0.2, 0) is 13.6 Å². The summed E-state index contributed by atoms with van der Waals surface area (Å²) in [5.74, 6) is 0.0663. The summed E-state index contributed by atoms with van der Waals surface area (Å²) in [7, 11) is 3.77. The van der Waals surface area contributed by atoms with Gasteiger partial charge < -0.3 is 10.6 Å². The van der Waals surface area contributed by atoms with Gasteiger partial charge in [-0.25, -0.2) is 0 Å². The van der Waals surface area contributed by atoms with E-state index in [-0.39, 0.29) is 5.84 Å². The molecule has 6 heteroatoms. The van der Waals surface area contributed by atoms with E-state index in [0.29, 0.717) is 6.54 Å². The van der Waals surface area contributed by atoms with Crippen LogP contribution in [0, 0.1) is 5.41 Å². The number of benzene rings is 1. The van der Waals surface area contributed by atoms with Crippen molar-refractivity contribution in [3.63, 3.8) is 0 Å². The number of aromatic nitrogens is 3. The van der Waals surface area contributed by atoms with Gasteiger partial charge in [0.2, 0.25) is 0 Å². The third-order valence-corrected chi connectivity index (χ3v) is 2.65. The summed E-state index contributed by atoms with van der Waals surface area (Å²) in [5.41, 5.74) is 8.09. The average molecular weight is 244 g/mol. The van der Waals surface area contributed by atoms with Crippen LogP contribution in [0.2, 0.25) is 0 Å². The SMILES string of the molecule is CN(Cc1cn(C)nn1)c1ccccc1C(=N)N. The van der Waals surface area contributed by atoms with E-state index in [4.69, 9.17) is 11.1 Å². The van der Waals surface area contributed by atoms with E-state index >= 15 is 0 Å². The first-order valence-corrected chi connectivity index (χ1v) is 5.57. The topological polar surface area (TPSA) is 83.8 Å². The first-order valence-electron chi connectivity index (χ1n) is 5.57. The van der Waals surface area contributed by atoms with Crippen LogP contribution >= 0.6 is 0 Å². The zero-order valence-corrected chi connectivity index (χ0v) is 10.5. The fraction of sp³-hybridized carbons (Fsp3) is 0.250. The van der Waals surface area contributed by atoms with Crippen molar-refractivity contribution in [3.8, 4) is 0 Å². The van der Waals surface area contributed by atoms with Crippen LogP contribution < -0.4 is 10.6 Å². The molecule has 0 fully saturated rings. The largest absolute Gasteiger partial charge is 0.384 e. The third kappa shape index (κ3) is 2.48. The summed E-state index contributed by atoms with van der Waals surface area (Å²) in [5, 5.41) is 15.5. The monoisotopic (exact) mass is 244 g/mol. The van der Waals surface area contributed by atoms with E-state index in [1.165, 1.54) is 0 Å².